The molecule has 0 aliphatic carbocycles. The molecule has 0 heterocycles. The summed E-state index contributed by atoms with van der Waals surface area (Å²) in [6.07, 6.45) is 4.74. The Bertz CT molecular complexity index is 1360. The van der Waals surface area contributed by atoms with Crippen molar-refractivity contribution in [3.8, 4) is 33.8 Å². The van der Waals surface area contributed by atoms with Crippen molar-refractivity contribution in [1.29, 1.82) is 0 Å². The van der Waals surface area contributed by atoms with Gasteiger partial charge in [0.15, 0.2) is 0 Å². The second kappa shape index (κ2) is 16.9. The van der Waals surface area contributed by atoms with Crippen LogP contribution in [0, 0.1) is 23.3 Å². The first-order valence-electron chi connectivity index (χ1n) is 15.4. The highest BCUT2D eigenvalue weighted by atomic mass is 19.3. The molecule has 0 bridgehead atoms. The second-order valence-corrected chi connectivity index (χ2v) is 11.2. The van der Waals surface area contributed by atoms with Gasteiger partial charge < -0.3 is 9.47 Å². The zero-order valence-electron chi connectivity index (χ0n) is 25.2. The highest BCUT2D eigenvalue weighted by Crippen LogP contribution is 2.30. The zero-order valence-corrected chi connectivity index (χ0v) is 25.2. The molecular weight excluding hydrogens is 590 g/mol. The Hall–Kier alpha value is -3.94. The van der Waals surface area contributed by atoms with Crippen LogP contribution >= 0.6 is 0 Å². The molecule has 0 radical (unpaired) electrons. The van der Waals surface area contributed by atoms with E-state index in [1.54, 1.807) is 24.3 Å². The normalized spacial score (nSPS) is 11.5. The van der Waals surface area contributed by atoms with Crippen molar-refractivity contribution in [2.24, 2.45) is 0 Å². The van der Waals surface area contributed by atoms with Crippen LogP contribution in [0.3, 0.4) is 0 Å². The molecule has 0 amide bonds. The van der Waals surface area contributed by atoms with Gasteiger partial charge in [-0.2, -0.15) is 0 Å². The van der Waals surface area contributed by atoms with Crippen LogP contribution in [0.1, 0.15) is 64.2 Å². The largest absolute Gasteiger partial charge is 0.493 e. The molecule has 0 saturated heterocycles. The standard InChI is InChI=1S/C37H38F6O2/c38-29-13-9-27(10-14-29)33-19-17-31(25-35(33)40)44-23-7-3-1-5-21-37(42,43)22-6-2-4-8-24-45-32-18-20-34(36(41)26-32)28-11-15-30(39)16-12-28/h9-20,25-26H,1-8,21-24H2. The fourth-order valence-electron chi connectivity index (χ4n) is 5.08. The molecule has 0 N–H and O–H groups in total. The Morgan fingerprint density at radius 1 is 0.444 bits per heavy atom. The zero-order chi connectivity index (χ0) is 32.1. The van der Waals surface area contributed by atoms with Crippen LogP contribution in [0.25, 0.3) is 22.3 Å². The SMILES string of the molecule is Fc1ccc(-c2ccc(OCCCCCCC(F)(F)CCCCCCOc3ccc(-c4ccc(F)cc4)c(F)c3)cc2F)cc1. The topological polar surface area (TPSA) is 18.5 Å². The molecule has 0 fully saturated rings. The van der Waals surface area contributed by atoms with Crippen LogP contribution in [-0.2, 0) is 0 Å². The van der Waals surface area contributed by atoms with Gasteiger partial charge in [0, 0.05) is 36.1 Å². The maximum atomic E-state index is 14.5. The van der Waals surface area contributed by atoms with E-state index in [0.29, 0.717) is 85.5 Å². The molecule has 0 aromatic heterocycles. The third kappa shape index (κ3) is 11.2. The Labute approximate surface area is 261 Å². The lowest BCUT2D eigenvalue weighted by molar-refractivity contribution is -0.0207. The highest BCUT2D eigenvalue weighted by molar-refractivity contribution is 5.65. The van der Waals surface area contributed by atoms with Gasteiger partial charge in [-0.15, -0.1) is 0 Å². The lowest BCUT2D eigenvalue weighted by atomic mass is 10.0. The molecular formula is C37H38F6O2. The van der Waals surface area contributed by atoms with Gasteiger partial charge in [0.25, 0.3) is 0 Å². The smallest absolute Gasteiger partial charge is 0.248 e. The molecule has 0 saturated carbocycles. The Morgan fingerprint density at radius 2 is 0.822 bits per heavy atom. The van der Waals surface area contributed by atoms with Crippen LogP contribution in [0.5, 0.6) is 11.5 Å². The van der Waals surface area contributed by atoms with Gasteiger partial charge in [-0.05, 0) is 85.3 Å². The number of benzene rings is 4. The number of rotatable bonds is 18. The molecule has 240 valence electrons. The number of unbranched alkanes of at least 4 members (excludes halogenated alkanes) is 6. The predicted molar refractivity (Wildman–Crippen MR) is 166 cm³/mol. The summed E-state index contributed by atoms with van der Waals surface area (Å²) in [4.78, 5) is 0. The number of alkyl halides is 2. The molecule has 0 atom stereocenters. The van der Waals surface area contributed by atoms with Crippen LogP contribution in [0.15, 0.2) is 84.9 Å². The molecule has 0 unspecified atom stereocenters. The summed E-state index contributed by atoms with van der Waals surface area (Å²) in [6, 6.07) is 20.3. The minimum absolute atomic E-state index is 0.146. The molecule has 45 heavy (non-hydrogen) atoms. The molecule has 4 aromatic carbocycles. The summed E-state index contributed by atoms with van der Waals surface area (Å²) in [5.74, 6) is -3.61. The van der Waals surface area contributed by atoms with E-state index in [4.69, 9.17) is 9.47 Å². The van der Waals surface area contributed by atoms with E-state index in [1.165, 1.54) is 60.7 Å². The van der Waals surface area contributed by atoms with Gasteiger partial charge in [0.2, 0.25) is 5.92 Å². The van der Waals surface area contributed by atoms with Crippen LogP contribution in [0.4, 0.5) is 26.3 Å². The molecule has 2 nitrogen and oxygen atoms in total. The first-order valence-corrected chi connectivity index (χ1v) is 15.4. The van der Waals surface area contributed by atoms with Crippen LogP contribution < -0.4 is 9.47 Å². The Kier molecular flexibility index (Phi) is 12.8. The first kappa shape index (κ1) is 33.9. The van der Waals surface area contributed by atoms with E-state index in [2.05, 4.69) is 0 Å². The predicted octanol–water partition coefficient (Wildman–Crippen LogP) is 11.6. The summed E-state index contributed by atoms with van der Waals surface area (Å²) in [5, 5.41) is 0. The summed E-state index contributed by atoms with van der Waals surface area (Å²) < 4.78 is 94.9. The average Bonchev–Trinajstić information content (AvgIpc) is 3.01. The summed E-state index contributed by atoms with van der Waals surface area (Å²) in [5.41, 5.74) is 1.87. The molecule has 0 aliphatic rings. The minimum atomic E-state index is -2.69. The van der Waals surface area contributed by atoms with Gasteiger partial charge in [0.1, 0.15) is 34.8 Å². The van der Waals surface area contributed by atoms with Gasteiger partial charge in [-0.1, -0.05) is 49.9 Å². The van der Waals surface area contributed by atoms with Crippen LogP contribution in [-0.4, -0.2) is 19.1 Å². The van der Waals surface area contributed by atoms with Gasteiger partial charge >= 0.3 is 0 Å². The Balaban J connectivity index is 1.01. The van der Waals surface area contributed by atoms with Crippen molar-refractivity contribution in [2.75, 3.05) is 13.2 Å². The van der Waals surface area contributed by atoms with E-state index >= 15 is 0 Å². The van der Waals surface area contributed by atoms with E-state index in [1.807, 2.05) is 0 Å². The van der Waals surface area contributed by atoms with Crippen molar-refractivity contribution in [3.05, 3.63) is 108 Å². The summed E-state index contributed by atoms with van der Waals surface area (Å²) in [6.45, 7) is 0.734. The minimum Gasteiger partial charge on any atom is -0.493 e. The quantitative estimate of drug-likeness (QED) is 0.0806. The van der Waals surface area contributed by atoms with Gasteiger partial charge in [0.05, 0.1) is 13.2 Å². The first-order chi connectivity index (χ1) is 21.7. The molecule has 4 aromatic rings. The third-order valence-corrected chi connectivity index (χ3v) is 7.60. The maximum Gasteiger partial charge on any atom is 0.248 e. The van der Waals surface area contributed by atoms with Crippen molar-refractivity contribution in [1.82, 2.24) is 0 Å². The van der Waals surface area contributed by atoms with Crippen molar-refractivity contribution in [2.45, 2.75) is 70.1 Å². The third-order valence-electron chi connectivity index (χ3n) is 7.60. The number of halogens is 6. The van der Waals surface area contributed by atoms with E-state index < -0.39 is 17.6 Å². The molecule has 0 spiro atoms. The number of hydrogen-bond acceptors (Lipinski definition) is 2. The monoisotopic (exact) mass is 628 g/mol. The van der Waals surface area contributed by atoms with Crippen molar-refractivity contribution in [3.63, 3.8) is 0 Å². The maximum absolute atomic E-state index is 14.5. The van der Waals surface area contributed by atoms with Crippen molar-refractivity contribution < 1.29 is 35.8 Å². The lowest BCUT2D eigenvalue weighted by Crippen LogP contribution is -2.15. The van der Waals surface area contributed by atoms with E-state index in [9.17, 15) is 26.3 Å². The average molecular weight is 629 g/mol. The fraction of sp³-hybridized carbons (Fsp3) is 0.351. The molecule has 8 heteroatoms. The highest BCUT2D eigenvalue weighted by Gasteiger charge is 2.27. The Morgan fingerprint density at radius 3 is 1.20 bits per heavy atom. The van der Waals surface area contributed by atoms with Gasteiger partial charge in [-0.3, -0.25) is 0 Å². The summed E-state index contributed by atoms with van der Waals surface area (Å²) in [7, 11) is 0. The second-order valence-electron chi connectivity index (χ2n) is 11.2. The molecule has 4 rings (SSSR count). The number of hydrogen-bond donors (Lipinski definition) is 0. The van der Waals surface area contributed by atoms with E-state index in [0.717, 1.165) is 12.8 Å². The van der Waals surface area contributed by atoms with E-state index in [-0.39, 0.29) is 24.5 Å². The molecule has 0 aliphatic heterocycles. The fourth-order valence-corrected chi connectivity index (χ4v) is 5.08. The summed E-state index contributed by atoms with van der Waals surface area (Å²) >= 11 is 0. The number of ether oxygens (including phenoxy) is 2. The van der Waals surface area contributed by atoms with Crippen molar-refractivity contribution >= 4 is 0 Å². The lowest BCUT2D eigenvalue weighted by Gasteiger charge is -2.16. The van der Waals surface area contributed by atoms with Gasteiger partial charge in [-0.25, -0.2) is 26.3 Å². The van der Waals surface area contributed by atoms with Crippen LogP contribution in [0.2, 0.25) is 0 Å².